The first kappa shape index (κ1) is 12.8. The third kappa shape index (κ3) is 3.24. The molecule has 0 unspecified atom stereocenters. The summed E-state index contributed by atoms with van der Waals surface area (Å²) < 4.78 is 5.46. The van der Waals surface area contributed by atoms with Crippen molar-refractivity contribution in [2.75, 3.05) is 4.90 Å². The van der Waals surface area contributed by atoms with Crippen molar-refractivity contribution in [3.63, 3.8) is 0 Å². The van der Waals surface area contributed by atoms with E-state index in [2.05, 4.69) is 20.2 Å². The molecule has 110 valence electrons. The molecular weight excluding hydrogens is 264 g/mol. The highest BCUT2D eigenvalue weighted by Gasteiger charge is 2.30. The molecule has 0 saturated heterocycles. The third-order valence-corrected chi connectivity index (χ3v) is 4.03. The van der Waals surface area contributed by atoms with Crippen molar-refractivity contribution in [3.05, 3.63) is 42.2 Å². The number of hydrogen-bond acceptors (Lipinski definition) is 5. The van der Waals surface area contributed by atoms with Gasteiger partial charge in [-0.2, -0.15) is 0 Å². The van der Waals surface area contributed by atoms with Crippen LogP contribution in [0.2, 0.25) is 0 Å². The van der Waals surface area contributed by atoms with E-state index >= 15 is 0 Å². The van der Waals surface area contributed by atoms with Gasteiger partial charge in [0, 0.05) is 18.6 Å². The fourth-order valence-electron chi connectivity index (χ4n) is 2.48. The molecule has 4 rings (SSSR count). The Balaban J connectivity index is 1.44. The van der Waals surface area contributed by atoms with Crippen LogP contribution < -0.4 is 10.2 Å². The number of aromatic nitrogens is 2. The highest BCUT2D eigenvalue weighted by molar-refractivity contribution is 5.39. The van der Waals surface area contributed by atoms with Crippen molar-refractivity contribution in [3.8, 4) is 0 Å². The minimum Gasteiger partial charge on any atom is -0.467 e. The molecule has 5 nitrogen and oxygen atoms in total. The summed E-state index contributed by atoms with van der Waals surface area (Å²) in [6.45, 7) is 1.59. The minimum atomic E-state index is 0.583. The van der Waals surface area contributed by atoms with Crippen LogP contribution in [0.1, 0.15) is 37.1 Å². The molecule has 2 fully saturated rings. The summed E-state index contributed by atoms with van der Waals surface area (Å²) in [5.74, 6) is 1.92. The van der Waals surface area contributed by atoms with Crippen LogP contribution in [-0.2, 0) is 13.1 Å². The zero-order valence-electron chi connectivity index (χ0n) is 12.0. The van der Waals surface area contributed by atoms with E-state index in [-0.39, 0.29) is 0 Å². The molecule has 2 saturated carbocycles. The van der Waals surface area contributed by atoms with Crippen LogP contribution >= 0.6 is 0 Å². The van der Waals surface area contributed by atoms with Gasteiger partial charge in [0.25, 0.3) is 0 Å². The molecule has 2 aromatic rings. The van der Waals surface area contributed by atoms with E-state index in [0.29, 0.717) is 12.1 Å². The lowest BCUT2D eigenvalue weighted by Crippen LogP contribution is -2.26. The zero-order valence-corrected chi connectivity index (χ0v) is 12.0. The van der Waals surface area contributed by atoms with E-state index < -0.39 is 0 Å². The van der Waals surface area contributed by atoms with E-state index in [9.17, 15) is 0 Å². The Hall–Kier alpha value is -1.88. The summed E-state index contributed by atoms with van der Waals surface area (Å²) >= 11 is 0. The van der Waals surface area contributed by atoms with Crippen molar-refractivity contribution in [1.29, 1.82) is 0 Å². The van der Waals surface area contributed by atoms with Crippen molar-refractivity contribution in [1.82, 2.24) is 15.3 Å². The van der Waals surface area contributed by atoms with E-state index in [1.807, 2.05) is 24.5 Å². The van der Waals surface area contributed by atoms with Crippen molar-refractivity contribution in [2.24, 2.45) is 0 Å². The van der Waals surface area contributed by atoms with Gasteiger partial charge >= 0.3 is 0 Å². The van der Waals surface area contributed by atoms with Gasteiger partial charge in [0.2, 0.25) is 0 Å². The molecular formula is C16H20N4O. The number of nitrogens with zero attached hydrogens (tertiary/aromatic N) is 3. The molecule has 0 spiro atoms. The van der Waals surface area contributed by atoms with Gasteiger partial charge in [-0.15, -0.1) is 0 Å². The van der Waals surface area contributed by atoms with E-state index in [1.54, 1.807) is 6.26 Å². The van der Waals surface area contributed by atoms with Crippen LogP contribution in [0, 0.1) is 0 Å². The molecule has 1 N–H and O–H groups in total. The lowest BCUT2D eigenvalue weighted by Gasteiger charge is -2.22. The average molecular weight is 284 g/mol. The molecule has 5 heteroatoms. The second-order valence-electron chi connectivity index (χ2n) is 5.96. The second-order valence-corrected chi connectivity index (χ2v) is 5.96. The van der Waals surface area contributed by atoms with Gasteiger partial charge in [0.1, 0.15) is 11.6 Å². The van der Waals surface area contributed by atoms with E-state index in [1.165, 1.54) is 25.7 Å². The fourth-order valence-corrected chi connectivity index (χ4v) is 2.48. The highest BCUT2D eigenvalue weighted by atomic mass is 16.3. The molecule has 21 heavy (non-hydrogen) atoms. The minimum absolute atomic E-state index is 0.583. The summed E-state index contributed by atoms with van der Waals surface area (Å²) in [6.07, 6.45) is 10.6. The monoisotopic (exact) mass is 284 g/mol. The van der Waals surface area contributed by atoms with Crippen molar-refractivity contribution >= 4 is 5.82 Å². The zero-order chi connectivity index (χ0) is 14.1. The molecule has 0 atom stereocenters. The quantitative estimate of drug-likeness (QED) is 0.846. The van der Waals surface area contributed by atoms with Gasteiger partial charge in [-0.05, 0) is 37.8 Å². The summed E-state index contributed by atoms with van der Waals surface area (Å²) in [6, 6.07) is 5.23. The summed E-state index contributed by atoms with van der Waals surface area (Å²) in [7, 11) is 0. The highest BCUT2D eigenvalue weighted by Crippen LogP contribution is 2.31. The number of nitrogens with one attached hydrogen (secondary N) is 1. The molecule has 2 aliphatic rings. The lowest BCUT2D eigenvalue weighted by atomic mass is 10.3. The number of rotatable bonds is 7. The second kappa shape index (κ2) is 5.48. The first-order valence-corrected chi connectivity index (χ1v) is 7.72. The standard InChI is InChI=1S/C16H20N4O/c1-2-15(21-7-1)11-20(14-5-6-14)16-10-18-13(9-19-16)8-17-12-3-4-12/h1-2,7,9-10,12,14,17H,3-6,8,11H2. The maximum atomic E-state index is 5.46. The molecule has 2 heterocycles. The summed E-state index contributed by atoms with van der Waals surface area (Å²) in [4.78, 5) is 11.4. The maximum Gasteiger partial charge on any atom is 0.147 e. The normalized spacial score (nSPS) is 17.9. The number of furan rings is 1. The Morgan fingerprint density at radius 1 is 1.19 bits per heavy atom. The van der Waals surface area contributed by atoms with Crippen LogP contribution in [0.25, 0.3) is 0 Å². The van der Waals surface area contributed by atoms with Crippen LogP contribution in [0.15, 0.2) is 35.2 Å². The van der Waals surface area contributed by atoms with E-state index in [4.69, 9.17) is 4.42 Å². The van der Waals surface area contributed by atoms with Crippen LogP contribution in [-0.4, -0.2) is 22.1 Å². The fraction of sp³-hybridized carbons (Fsp3) is 0.500. The average Bonchev–Trinajstić information content (AvgIpc) is 3.44. The van der Waals surface area contributed by atoms with Crippen LogP contribution in [0.5, 0.6) is 0 Å². The molecule has 0 aliphatic heterocycles. The van der Waals surface area contributed by atoms with Crippen molar-refractivity contribution in [2.45, 2.75) is 50.9 Å². The predicted molar refractivity (Wildman–Crippen MR) is 79.8 cm³/mol. The first-order chi connectivity index (χ1) is 10.4. The summed E-state index contributed by atoms with van der Waals surface area (Å²) in [5, 5.41) is 3.46. The molecule has 2 aromatic heterocycles. The summed E-state index contributed by atoms with van der Waals surface area (Å²) in [5.41, 5.74) is 1.01. The van der Waals surface area contributed by atoms with Crippen LogP contribution in [0.3, 0.4) is 0 Å². The predicted octanol–water partition coefficient (Wildman–Crippen LogP) is 2.49. The Bertz CT molecular complexity index is 573. The molecule has 0 aromatic carbocycles. The molecule has 0 amide bonds. The Morgan fingerprint density at radius 2 is 2.10 bits per heavy atom. The lowest BCUT2D eigenvalue weighted by molar-refractivity contribution is 0.500. The van der Waals surface area contributed by atoms with E-state index in [0.717, 1.165) is 30.4 Å². The Labute approximate surface area is 124 Å². The van der Waals surface area contributed by atoms with Crippen LogP contribution in [0.4, 0.5) is 5.82 Å². The first-order valence-electron chi connectivity index (χ1n) is 7.72. The number of hydrogen-bond donors (Lipinski definition) is 1. The molecule has 2 aliphatic carbocycles. The van der Waals surface area contributed by atoms with Gasteiger partial charge in [-0.25, -0.2) is 4.98 Å². The smallest absolute Gasteiger partial charge is 0.147 e. The Morgan fingerprint density at radius 3 is 2.71 bits per heavy atom. The van der Waals surface area contributed by atoms with Gasteiger partial charge in [-0.1, -0.05) is 0 Å². The van der Waals surface area contributed by atoms with Gasteiger partial charge in [0.15, 0.2) is 0 Å². The topological polar surface area (TPSA) is 54.2 Å². The van der Waals surface area contributed by atoms with Gasteiger partial charge in [0.05, 0.1) is 30.9 Å². The van der Waals surface area contributed by atoms with Gasteiger partial charge in [-0.3, -0.25) is 4.98 Å². The maximum absolute atomic E-state index is 5.46. The van der Waals surface area contributed by atoms with Crippen molar-refractivity contribution < 1.29 is 4.42 Å². The Kier molecular flexibility index (Phi) is 3.35. The SMILES string of the molecule is c1coc(CN(c2cnc(CNC3CC3)cn2)C2CC2)c1. The third-order valence-electron chi connectivity index (χ3n) is 4.03. The van der Waals surface area contributed by atoms with Gasteiger partial charge < -0.3 is 14.6 Å². The molecule has 0 radical (unpaired) electrons. The molecule has 0 bridgehead atoms. The largest absolute Gasteiger partial charge is 0.467 e. The number of anilines is 1.